The van der Waals surface area contributed by atoms with Gasteiger partial charge in [-0.1, -0.05) is 13.8 Å². The Morgan fingerprint density at radius 3 is 2.35 bits per heavy atom. The minimum atomic E-state index is -0.567. The van der Waals surface area contributed by atoms with Gasteiger partial charge < -0.3 is 18.9 Å². The molecule has 1 aromatic rings. The first-order valence-corrected chi connectivity index (χ1v) is 13.0. The molecule has 3 aliphatic rings. The van der Waals surface area contributed by atoms with Gasteiger partial charge in [0.15, 0.2) is 17.3 Å². The number of carbonyl (C=O) groups excluding carboxylic acids is 1. The highest BCUT2D eigenvalue weighted by Gasteiger charge is 2.41. The Balaban J connectivity index is 1.54. The molecule has 0 bridgehead atoms. The van der Waals surface area contributed by atoms with Gasteiger partial charge >= 0.3 is 5.97 Å². The number of benzene rings is 1. The number of nitrogens with zero attached hydrogens (tertiary/aromatic N) is 1. The lowest BCUT2D eigenvalue weighted by Gasteiger charge is -2.36. The Hall–Kier alpha value is -1.86. The Bertz CT molecular complexity index is 840. The third-order valence-electron chi connectivity index (χ3n) is 7.81. The van der Waals surface area contributed by atoms with Crippen molar-refractivity contribution in [1.82, 2.24) is 4.90 Å². The summed E-state index contributed by atoms with van der Waals surface area (Å²) >= 11 is 0. The van der Waals surface area contributed by atoms with Crippen LogP contribution < -0.4 is 9.47 Å². The van der Waals surface area contributed by atoms with Crippen LogP contribution in [0.5, 0.6) is 11.5 Å². The summed E-state index contributed by atoms with van der Waals surface area (Å²) in [6.45, 7) is 10.2. The summed E-state index contributed by atoms with van der Waals surface area (Å²) in [4.78, 5) is 15.0. The Kier molecular flexibility index (Phi) is 8.03. The molecule has 2 aliphatic carbocycles. The highest BCUT2D eigenvalue weighted by molar-refractivity contribution is 5.90. The number of morpholine rings is 1. The maximum Gasteiger partial charge on any atom is 0.338 e. The van der Waals surface area contributed by atoms with Gasteiger partial charge in [-0.3, -0.25) is 4.90 Å². The van der Waals surface area contributed by atoms with Crippen molar-refractivity contribution >= 4 is 5.97 Å². The third-order valence-corrected chi connectivity index (χ3v) is 7.81. The zero-order chi connectivity index (χ0) is 24.2. The number of carbonyl (C=O) groups is 1. The standard InChI is InChI=1S/C27H40FNO5/c1-20(2)27(10-6-7-11-27)33-23-19-21(25(30)32-17-14-29-12-15-31-16-13-29)18-22(28)24(23)34-26(3)8-4-5-9-26/h18-20H,4-17H2,1-3H3. The van der Waals surface area contributed by atoms with Crippen LogP contribution in [0.2, 0.25) is 0 Å². The normalized spacial score (nSPS) is 22.1. The monoisotopic (exact) mass is 477 g/mol. The van der Waals surface area contributed by atoms with E-state index in [1.54, 1.807) is 6.07 Å². The summed E-state index contributed by atoms with van der Waals surface area (Å²) in [6.07, 6.45) is 7.89. The largest absolute Gasteiger partial charge is 0.483 e. The van der Waals surface area contributed by atoms with E-state index in [1.165, 1.54) is 6.07 Å². The van der Waals surface area contributed by atoms with Gasteiger partial charge in [0.05, 0.1) is 18.8 Å². The maximum atomic E-state index is 15.5. The average molecular weight is 478 g/mol. The van der Waals surface area contributed by atoms with Crippen LogP contribution in [-0.2, 0) is 9.47 Å². The van der Waals surface area contributed by atoms with E-state index in [0.29, 0.717) is 25.5 Å². The van der Waals surface area contributed by atoms with Crippen LogP contribution in [-0.4, -0.2) is 61.5 Å². The van der Waals surface area contributed by atoms with Crippen molar-refractivity contribution in [2.24, 2.45) is 5.92 Å². The predicted molar refractivity (Wildman–Crippen MR) is 128 cm³/mol. The Labute approximate surface area is 203 Å². The van der Waals surface area contributed by atoms with Crippen molar-refractivity contribution in [2.45, 2.75) is 83.3 Å². The quantitative estimate of drug-likeness (QED) is 0.446. The average Bonchev–Trinajstić information content (AvgIpc) is 3.47. The van der Waals surface area contributed by atoms with Crippen LogP contribution in [0.3, 0.4) is 0 Å². The Morgan fingerprint density at radius 2 is 1.71 bits per heavy atom. The summed E-state index contributed by atoms with van der Waals surface area (Å²) in [5, 5.41) is 0. The molecule has 0 spiro atoms. The molecule has 1 aromatic carbocycles. The van der Waals surface area contributed by atoms with Gasteiger partial charge in [-0.15, -0.1) is 0 Å². The van der Waals surface area contributed by atoms with E-state index in [0.717, 1.165) is 64.5 Å². The molecular weight excluding hydrogens is 437 g/mol. The van der Waals surface area contributed by atoms with Gasteiger partial charge in [-0.2, -0.15) is 0 Å². The molecule has 0 amide bonds. The first-order valence-electron chi connectivity index (χ1n) is 13.0. The van der Waals surface area contributed by atoms with Crippen LogP contribution in [0.25, 0.3) is 0 Å². The summed E-state index contributed by atoms with van der Waals surface area (Å²) in [5.41, 5.74) is -0.630. The van der Waals surface area contributed by atoms with Crippen molar-refractivity contribution in [3.8, 4) is 11.5 Å². The molecule has 4 rings (SSSR count). The topological polar surface area (TPSA) is 57.2 Å². The number of hydrogen-bond acceptors (Lipinski definition) is 6. The van der Waals surface area contributed by atoms with Gasteiger partial charge in [-0.05, 0) is 76.3 Å². The van der Waals surface area contributed by atoms with Crippen molar-refractivity contribution in [1.29, 1.82) is 0 Å². The molecule has 2 saturated carbocycles. The maximum absolute atomic E-state index is 15.5. The smallest absolute Gasteiger partial charge is 0.338 e. The highest BCUT2D eigenvalue weighted by atomic mass is 19.1. The lowest BCUT2D eigenvalue weighted by atomic mass is 9.88. The molecule has 0 atom stereocenters. The fourth-order valence-electron chi connectivity index (χ4n) is 5.50. The lowest BCUT2D eigenvalue weighted by molar-refractivity contribution is 0.0161. The molecule has 6 nitrogen and oxygen atoms in total. The first-order chi connectivity index (χ1) is 16.3. The SMILES string of the molecule is CC(C)C1(Oc2cc(C(=O)OCCN3CCOCC3)cc(F)c2OC2(C)CCCC2)CCCC1. The van der Waals surface area contributed by atoms with Crippen molar-refractivity contribution in [3.63, 3.8) is 0 Å². The van der Waals surface area contributed by atoms with Crippen molar-refractivity contribution in [2.75, 3.05) is 39.5 Å². The first kappa shape index (κ1) is 25.2. The van der Waals surface area contributed by atoms with Gasteiger partial charge in [0.1, 0.15) is 17.8 Å². The van der Waals surface area contributed by atoms with E-state index in [9.17, 15) is 4.79 Å². The number of esters is 1. The summed E-state index contributed by atoms with van der Waals surface area (Å²) < 4.78 is 39.2. The predicted octanol–water partition coefficient (Wildman–Crippen LogP) is 5.37. The lowest BCUT2D eigenvalue weighted by Crippen LogP contribution is -2.39. The molecule has 34 heavy (non-hydrogen) atoms. The number of ether oxygens (including phenoxy) is 4. The van der Waals surface area contributed by atoms with Crippen LogP contribution in [0.1, 0.15) is 82.5 Å². The van der Waals surface area contributed by atoms with Crippen molar-refractivity contribution in [3.05, 3.63) is 23.5 Å². The second-order valence-electron chi connectivity index (χ2n) is 10.7. The molecule has 0 unspecified atom stereocenters. The molecule has 1 saturated heterocycles. The minimum absolute atomic E-state index is 0.126. The highest BCUT2D eigenvalue weighted by Crippen LogP contribution is 2.45. The second-order valence-corrected chi connectivity index (χ2v) is 10.7. The molecule has 3 fully saturated rings. The molecule has 7 heteroatoms. The molecule has 0 radical (unpaired) electrons. The van der Waals surface area contributed by atoms with E-state index in [2.05, 4.69) is 18.7 Å². The van der Waals surface area contributed by atoms with E-state index in [-0.39, 0.29) is 29.4 Å². The van der Waals surface area contributed by atoms with E-state index >= 15 is 4.39 Å². The number of hydrogen-bond donors (Lipinski definition) is 0. The third kappa shape index (κ3) is 5.85. The second kappa shape index (κ2) is 10.8. The minimum Gasteiger partial charge on any atom is -0.483 e. The fourth-order valence-corrected chi connectivity index (χ4v) is 5.50. The van der Waals surface area contributed by atoms with Gasteiger partial charge in [-0.25, -0.2) is 9.18 Å². The van der Waals surface area contributed by atoms with E-state index < -0.39 is 17.4 Å². The van der Waals surface area contributed by atoms with Crippen LogP contribution >= 0.6 is 0 Å². The Morgan fingerprint density at radius 1 is 1.06 bits per heavy atom. The summed E-state index contributed by atoms with van der Waals surface area (Å²) in [7, 11) is 0. The van der Waals surface area contributed by atoms with Gasteiger partial charge in [0, 0.05) is 19.6 Å². The summed E-state index contributed by atoms with van der Waals surface area (Å²) in [5.74, 6) is -0.398. The van der Waals surface area contributed by atoms with Crippen LogP contribution in [0.4, 0.5) is 4.39 Å². The van der Waals surface area contributed by atoms with Gasteiger partial charge in [0.25, 0.3) is 0 Å². The van der Waals surface area contributed by atoms with E-state index in [4.69, 9.17) is 18.9 Å². The fraction of sp³-hybridized carbons (Fsp3) is 0.741. The molecule has 0 aromatic heterocycles. The molecule has 190 valence electrons. The van der Waals surface area contributed by atoms with Crippen LogP contribution in [0.15, 0.2) is 12.1 Å². The zero-order valence-electron chi connectivity index (χ0n) is 21.0. The number of rotatable bonds is 9. The molecule has 1 aliphatic heterocycles. The van der Waals surface area contributed by atoms with E-state index in [1.807, 2.05) is 6.92 Å². The van der Waals surface area contributed by atoms with Crippen LogP contribution in [0, 0.1) is 11.7 Å². The molecule has 1 heterocycles. The molecular formula is C27H40FNO5. The zero-order valence-corrected chi connectivity index (χ0v) is 21.0. The summed E-state index contributed by atoms with van der Waals surface area (Å²) in [6, 6.07) is 2.85. The van der Waals surface area contributed by atoms with Gasteiger partial charge in [0.2, 0.25) is 0 Å². The van der Waals surface area contributed by atoms with Crippen molar-refractivity contribution < 1.29 is 28.1 Å². The molecule has 0 N–H and O–H groups in total. The number of halogens is 1.